The van der Waals surface area contributed by atoms with Crippen LogP contribution in [-0.4, -0.2) is 30.8 Å². The van der Waals surface area contributed by atoms with E-state index in [1.807, 2.05) is 12.1 Å². The summed E-state index contributed by atoms with van der Waals surface area (Å²) in [5, 5.41) is 2.89. The van der Waals surface area contributed by atoms with Crippen LogP contribution < -0.4 is 5.32 Å². The Bertz CT molecular complexity index is 450. The number of hydrogen-bond donors (Lipinski definition) is 1. The second kappa shape index (κ2) is 7.68. The van der Waals surface area contributed by atoms with E-state index in [4.69, 9.17) is 0 Å². The molecule has 0 unspecified atom stereocenters. The fourth-order valence-electron chi connectivity index (χ4n) is 1.73. The van der Waals surface area contributed by atoms with Gasteiger partial charge in [-0.15, -0.1) is 0 Å². The van der Waals surface area contributed by atoms with Crippen LogP contribution in [0.15, 0.2) is 24.3 Å². The van der Waals surface area contributed by atoms with E-state index in [-0.39, 0.29) is 11.8 Å². The summed E-state index contributed by atoms with van der Waals surface area (Å²) in [6.07, 6.45) is 1.47. The largest absolute Gasteiger partial charge is 0.352 e. The van der Waals surface area contributed by atoms with Crippen LogP contribution in [0, 0.1) is 5.92 Å². The molecule has 0 heterocycles. The SMILES string of the molecule is CC(C)CCC(=O)NCc1ccc(C(=O)N(C)C)cc1. The summed E-state index contributed by atoms with van der Waals surface area (Å²) in [5.74, 6) is 0.599. The van der Waals surface area contributed by atoms with E-state index in [0.717, 1.165) is 12.0 Å². The van der Waals surface area contributed by atoms with Gasteiger partial charge in [0.05, 0.1) is 0 Å². The van der Waals surface area contributed by atoms with Crippen LogP contribution in [-0.2, 0) is 11.3 Å². The van der Waals surface area contributed by atoms with E-state index >= 15 is 0 Å². The van der Waals surface area contributed by atoms with Crippen molar-refractivity contribution in [2.45, 2.75) is 33.2 Å². The third-order valence-corrected chi connectivity index (χ3v) is 3.05. The van der Waals surface area contributed by atoms with E-state index < -0.39 is 0 Å². The van der Waals surface area contributed by atoms with E-state index in [9.17, 15) is 9.59 Å². The minimum absolute atomic E-state index is 0.0162. The molecule has 110 valence electrons. The van der Waals surface area contributed by atoms with Gasteiger partial charge in [-0.25, -0.2) is 0 Å². The maximum Gasteiger partial charge on any atom is 0.253 e. The predicted molar refractivity (Wildman–Crippen MR) is 80.4 cm³/mol. The van der Waals surface area contributed by atoms with Crippen molar-refractivity contribution < 1.29 is 9.59 Å². The van der Waals surface area contributed by atoms with Crippen LogP contribution in [0.3, 0.4) is 0 Å². The first-order valence-electron chi connectivity index (χ1n) is 6.97. The van der Waals surface area contributed by atoms with Crippen LogP contribution in [0.5, 0.6) is 0 Å². The Morgan fingerprint density at radius 1 is 1.15 bits per heavy atom. The fourth-order valence-corrected chi connectivity index (χ4v) is 1.73. The van der Waals surface area contributed by atoms with Crippen molar-refractivity contribution >= 4 is 11.8 Å². The van der Waals surface area contributed by atoms with Crippen molar-refractivity contribution in [1.82, 2.24) is 10.2 Å². The highest BCUT2D eigenvalue weighted by atomic mass is 16.2. The first-order valence-corrected chi connectivity index (χ1v) is 6.97. The van der Waals surface area contributed by atoms with E-state index in [1.165, 1.54) is 0 Å². The Balaban J connectivity index is 2.46. The highest BCUT2D eigenvalue weighted by molar-refractivity contribution is 5.93. The summed E-state index contributed by atoms with van der Waals surface area (Å²) >= 11 is 0. The van der Waals surface area contributed by atoms with Gasteiger partial charge in [-0.3, -0.25) is 9.59 Å². The topological polar surface area (TPSA) is 49.4 Å². The molecule has 1 rings (SSSR count). The van der Waals surface area contributed by atoms with E-state index in [1.54, 1.807) is 31.1 Å². The van der Waals surface area contributed by atoms with Crippen molar-refractivity contribution in [3.05, 3.63) is 35.4 Å². The molecule has 0 atom stereocenters. The van der Waals surface area contributed by atoms with Crippen molar-refractivity contribution in [3.63, 3.8) is 0 Å². The molecule has 0 aliphatic heterocycles. The van der Waals surface area contributed by atoms with Crippen LogP contribution in [0.2, 0.25) is 0 Å². The number of benzene rings is 1. The standard InChI is InChI=1S/C16H24N2O2/c1-12(2)5-10-15(19)17-11-13-6-8-14(9-7-13)16(20)18(3)4/h6-9,12H,5,10-11H2,1-4H3,(H,17,19). The second-order valence-electron chi connectivity index (χ2n) is 5.61. The summed E-state index contributed by atoms with van der Waals surface area (Å²) in [6, 6.07) is 7.33. The Hall–Kier alpha value is -1.84. The second-order valence-corrected chi connectivity index (χ2v) is 5.61. The molecule has 0 radical (unpaired) electrons. The number of nitrogens with one attached hydrogen (secondary N) is 1. The normalized spacial score (nSPS) is 10.4. The Morgan fingerprint density at radius 3 is 2.25 bits per heavy atom. The Morgan fingerprint density at radius 2 is 1.75 bits per heavy atom. The van der Waals surface area contributed by atoms with Gasteiger partial charge >= 0.3 is 0 Å². The lowest BCUT2D eigenvalue weighted by molar-refractivity contribution is -0.121. The fraction of sp³-hybridized carbons (Fsp3) is 0.500. The predicted octanol–water partition coefficient (Wildman–Crippen LogP) is 2.44. The average molecular weight is 276 g/mol. The van der Waals surface area contributed by atoms with Gasteiger partial charge in [0.1, 0.15) is 0 Å². The maximum absolute atomic E-state index is 11.7. The lowest BCUT2D eigenvalue weighted by Gasteiger charge is -2.11. The molecule has 0 aliphatic carbocycles. The first-order chi connectivity index (χ1) is 9.40. The molecule has 2 amide bonds. The molecule has 0 spiro atoms. The lowest BCUT2D eigenvalue weighted by Crippen LogP contribution is -2.23. The smallest absolute Gasteiger partial charge is 0.253 e. The highest BCUT2D eigenvalue weighted by Gasteiger charge is 2.07. The van der Waals surface area contributed by atoms with Crippen LogP contribution in [0.25, 0.3) is 0 Å². The molecule has 0 aliphatic rings. The molecular weight excluding hydrogens is 252 g/mol. The quantitative estimate of drug-likeness (QED) is 0.867. The monoisotopic (exact) mass is 276 g/mol. The number of amides is 2. The molecule has 0 saturated heterocycles. The van der Waals surface area contributed by atoms with Gasteiger partial charge in [0, 0.05) is 32.6 Å². The summed E-state index contributed by atoms with van der Waals surface area (Å²) < 4.78 is 0. The molecule has 0 saturated carbocycles. The minimum Gasteiger partial charge on any atom is -0.352 e. The molecule has 20 heavy (non-hydrogen) atoms. The molecule has 1 aromatic rings. The van der Waals surface area contributed by atoms with Gasteiger partial charge in [-0.1, -0.05) is 26.0 Å². The third kappa shape index (κ3) is 5.43. The molecule has 4 nitrogen and oxygen atoms in total. The van der Waals surface area contributed by atoms with Crippen molar-refractivity contribution in [2.75, 3.05) is 14.1 Å². The van der Waals surface area contributed by atoms with E-state index in [2.05, 4.69) is 19.2 Å². The number of hydrogen-bond acceptors (Lipinski definition) is 2. The van der Waals surface area contributed by atoms with Crippen LogP contribution in [0.4, 0.5) is 0 Å². The number of carbonyl (C=O) groups is 2. The lowest BCUT2D eigenvalue weighted by atomic mass is 10.1. The molecular formula is C16H24N2O2. The number of nitrogens with zero attached hydrogens (tertiary/aromatic N) is 1. The zero-order valence-electron chi connectivity index (χ0n) is 12.8. The Labute approximate surface area is 121 Å². The summed E-state index contributed by atoms with van der Waals surface area (Å²) in [5.41, 5.74) is 1.66. The molecule has 1 N–H and O–H groups in total. The minimum atomic E-state index is -0.0162. The maximum atomic E-state index is 11.7. The molecule has 1 aromatic carbocycles. The van der Waals surface area contributed by atoms with Gasteiger partial charge in [-0.05, 0) is 30.0 Å². The van der Waals surface area contributed by atoms with Gasteiger partial charge < -0.3 is 10.2 Å². The molecule has 0 aromatic heterocycles. The number of carbonyl (C=O) groups excluding carboxylic acids is 2. The highest BCUT2D eigenvalue weighted by Crippen LogP contribution is 2.07. The summed E-state index contributed by atoms with van der Waals surface area (Å²) in [6.45, 7) is 4.72. The molecule has 4 heteroatoms. The van der Waals surface area contributed by atoms with Gasteiger partial charge in [0.2, 0.25) is 5.91 Å². The average Bonchev–Trinajstić information content (AvgIpc) is 2.42. The number of rotatable bonds is 6. The molecule has 0 bridgehead atoms. The van der Waals surface area contributed by atoms with Crippen LogP contribution >= 0.6 is 0 Å². The zero-order valence-corrected chi connectivity index (χ0v) is 12.8. The van der Waals surface area contributed by atoms with Gasteiger partial charge in [0.25, 0.3) is 5.91 Å². The van der Waals surface area contributed by atoms with Crippen molar-refractivity contribution in [1.29, 1.82) is 0 Å². The first kappa shape index (κ1) is 16.2. The van der Waals surface area contributed by atoms with E-state index in [0.29, 0.717) is 24.4 Å². The van der Waals surface area contributed by atoms with Crippen molar-refractivity contribution in [3.8, 4) is 0 Å². The summed E-state index contributed by atoms with van der Waals surface area (Å²) in [7, 11) is 3.45. The van der Waals surface area contributed by atoms with Crippen LogP contribution in [0.1, 0.15) is 42.6 Å². The Kier molecular flexibility index (Phi) is 6.22. The van der Waals surface area contributed by atoms with Gasteiger partial charge in [0.15, 0.2) is 0 Å². The van der Waals surface area contributed by atoms with Crippen molar-refractivity contribution in [2.24, 2.45) is 5.92 Å². The zero-order chi connectivity index (χ0) is 15.1. The van der Waals surface area contributed by atoms with Gasteiger partial charge in [-0.2, -0.15) is 0 Å². The summed E-state index contributed by atoms with van der Waals surface area (Å²) in [4.78, 5) is 24.9. The molecule has 0 fully saturated rings. The third-order valence-electron chi connectivity index (χ3n) is 3.05.